The number of hydrogen-bond donors (Lipinski definition) is 0. The highest BCUT2D eigenvalue weighted by atomic mass is 35.5. The van der Waals surface area contributed by atoms with E-state index in [0.29, 0.717) is 11.8 Å². The normalized spacial score (nSPS) is 13.6. The highest BCUT2D eigenvalue weighted by molar-refractivity contribution is 6.27. The number of carbonyl (C=O) groups excluding carboxylic acids is 1. The zero-order valence-corrected chi connectivity index (χ0v) is 8.35. The molecule has 0 spiro atoms. The predicted octanol–water partition coefficient (Wildman–Crippen LogP) is 3.05. The molecular weight excluding hydrogens is 229 g/mol. The van der Waals surface area contributed by atoms with Gasteiger partial charge in [0.1, 0.15) is 6.29 Å². The molecular formula is C10H8ClF3O. The summed E-state index contributed by atoms with van der Waals surface area (Å²) in [7, 11) is 0. The minimum absolute atomic E-state index is 0.239. The Morgan fingerprint density at radius 1 is 1.27 bits per heavy atom. The molecule has 1 aromatic carbocycles. The number of carbonyl (C=O) groups is 1. The number of halogens is 4. The van der Waals surface area contributed by atoms with Crippen molar-refractivity contribution in [1.29, 1.82) is 0 Å². The molecule has 1 aromatic rings. The van der Waals surface area contributed by atoms with Crippen LogP contribution in [0, 0.1) is 0 Å². The first-order valence-corrected chi connectivity index (χ1v) is 4.62. The van der Waals surface area contributed by atoms with Crippen molar-refractivity contribution in [2.45, 2.75) is 18.0 Å². The van der Waals surface area contributed by atoms with Crippen LogP contribution in [0.1, 0.15) is 11.1 Å². The van der Waals surface area contributed by atoms with Crippen molar-refractivity contribution in [1.82, 2.24) is 0 Å². The summed E-state index contributed by atoms with van der Waals surface area (Å²) in [4.78, 5) is 10.2. The van der Waals surface area contributed by atoms with E-state index in [1.54, 1.807) is 0 Å². The van der Waals surface area contributed by atoms with Crippen LogP contribution in [0.3, 0.4) is 0 Å². The number of alkyl halides is 4. The Hall–Kier alpha value is -1.03. The van der Waals surface area contributed by atoms with E-state index in [1.165, 1.54) is 12.1 Å². The Kier molecular flexibility index (Phi) is 3.74. The van der Waals surface area contributed by atoms with Gasteiger partial charge in [0.2, 0.25) is 0 Å². The smallest absolute Gasteiger partial charge is 0.302 e. The maximum absolute atomic E-state index is 12.2. The standard InChI is InChI=1S/C10H8ClF3O/c11-9(6-15)5-7-1-3-8(4-2-7)10(12,13)14/h1-4,6,9H,5H2/t9-/m1/s1. The van der Waals surface area contributed by atoms with Crippen LogP contribution in [0.25, 0.3) is 0 Å². The lowest BCUT2D eigenvalue weighted by molar-refractivity contribution is -0.137. The Morgan fingerprint density at radius 3 is 2.20 bits per heavy atom. The Morgan fingerprint density at radius 2 is 1.80 bits per heavy atom. The fourth-order valence-corrected chi connectivity index (χ4v) is 1.28. The summed E-state index contributed by atoms with van der Waals surface area (Å²) in [6.07, 6.45) is -3.54. The first kappa shape index (κ1) is 12.0. The SMILES string of the molecule is O=C[C@H](Cl)Cc1ccc(C(F)(F)F)cc1. The van der Waals surface area contributed by atoms with Crippen molar-refractivity contribution in [3.05, 3.63) is 35.4 Å². The van der Waals surface area contributed by atoms with Crippen LogP contribution in [0.15, 0.2) is 24.3 Å². The molecule has 0 saturated carbocycles. The van der Waals surface area contributed by atoms with Gasteiger partial charge in [-0.3, -0.25) is 0 Å². The van der Waals surface area contributed by atoms with Crippen LogP contribution in [-0.2, 0) is 17.4 Å². The van der Waals surface area contributed by atoms with Gasteiger partial charge in [-0.05, 0) is 24.1 Å². The number of rotatable bonds is 3. The van der Waals surface area contributed by atoms with Crippen molar-refractivity contribution < 1.29 is 18.0 Å². The number of hydrogen-bond acceptors (Lipinski definition) is 1. The highest BCUT2D eigenvalue weighted by Gasteiger charge is 2.29. The highest BCUT2D eigenvalue weighted by Crippen LogP contribution is 2.29. The van der Waals surface area contributed by atoms with E-state index in [0.717, 1.165) is 12.1 Å². The van der Waals surface area contributed by atoms with Crippen molar-refractivity contribution in [2.24, 2.45) is 0 Å². The minimum atomic E-state index is -4.33. The van der Waals surface area contributed by atoms with Crippen LogP contribution in [0.5, 0.6) is 0 Å². The van der Waals surface area contributed by atoms with Crippen molar-refractivity contribution in [3.8, 4) is 0 Å². The van der Waals surface area contributed by atoms with Gasteiger partial charge in [-0.1, -0.05) is 12.1 Å². The summed E-state index contributed by atoms with van der Waals surface area (Å²) in [5.41, 5.74) is -0.0985. The Balaban J connectivity index is 2.77. The predicted molar refractivity (Wildman–Crippen MR) is 50.9 cm³/mol. The summed E-state index contributed by atoms with van der Waals surface area (Å²) in [6, 6.07) is 4.59. The Labute approximate surface area is 89.9 Å². The summed E-state index contributed by atoms with van der Waals surface area (Å²) in [5, 5.41) is -0.693. The van der Waals surface area contributed by atoms with Gasteiger partial charge >= 0.3 is 6.18 Å². The average Bonchev–Trinajstić information content (AvgIpc) is 2.17. The molecule has 0 aliphatic heterocycles. The molecule has 5 heteroatoms. The molecule has 1 atom stereocenters. The third-order valence-electron chi connectivity index (χ3n) is 1.86. The molecule has 0 bridgehead atoms. The molecule has 0 fully saturated rings. The molecule has 0 aliphatic rings. The van der Waals surface area contributed by atoms with Gasteiger partial charge in [0.15, 0.2) is 0 Å². The molecule has 0 heterocycles. The third kappa shape index (κ3) is 3.55. The summed E-state index contributed by atoms with van der Waals surface area (Å²) in [6.45, 7) is 0. The van der Waals surface area contributed by atoms with Crippen LogP contribution in [-0.4, -0.2) is 11.7 Å². The molecule has 0 N–H and O–H groups in total. The van der Waals surface area contributed by atoms with Crippen LogP contribution < -0.4 is 0 Å². The third-order valence-corrected chi connectivity index (χ3v) is 2.12. The van der Waals surface area contributed by atoms with E-state index in [1.807, 2.05) is 0 Å². The fourth-order valence-electron chi connectivity index (χ4n) is 1.10. The molecule has 0 unspecified atom stereocenters. The van der Waals surface area contributed by atoms with Crippen molar-refractivity contribution in [2.75, 3.05) is 0 Å². The Bertz CT molecular complexity index is 332. The van der Waals surface area contributed by atoms with Gasteiger partial charge in [0.25, 0.3) is 0 Å². The molecule has 0 radical (unpaired) electrons. The summed E-state index contributed by atoms with van der Waals surface area (Å²) >= 11 is 5.54. The van der Waals surface area contributed by atoms with Crippen LogP contribution in [0.2, 0.25) is 0 Å². The second-order valence-electron chi connectivity index (χ2n) is 3.05. The summed E-state index contributed by atoms with van der Waals surface area (Å²) < 4.78 is 36.5. The monoisotopic (exact) mass is 236 g/mol. The van der Waals surface area contributed by atoms with Gasteiger partial charge in [0, 0.05) is 0 Å². The van der Waals surface area contributed by atoms with E-state index in [9.17, 15) is 18.0 Å². The fraction of sp³-hybridized carbons (Fsp3) is 0.300. The maximum atomic E-state index is 12.2. The molecule has 15 heavy (non-hydrogen) atoms. The number of aldehydes is 1. The van der Waals surface area contributed by atoms with E-state index in [2.05, 4.69) is 0 Å². The first-order chi connectivity index (χ1) is 6.93. The van der Waals surface area contributed by atoms with Gasteiger partial charge in [-0.25, -0.2) is 0 Å². The molecule has 0 aromatic heterocycles. The zero-order chi connectivity index (χ0) is 11.5. The summed E-state index contributed by atoms with van der Waals surface area (Å²) in [5.74, 6) is 0. The quantitative estimate of drug-likeness (QED) is 0.582. The van der Waals surface area contributed by atoms with E-state index in [4.69, 9.17) is 11.6 Å². The topological polar surface area (TPSA) is 17.1 Å². The van der Waals surface area contributed by atoms with E-state index < -0.39 is 17.1 Å². The maximum Gasteiger partial charge on any atom is 0.416 e. The lowest BCUT2D eigenvalue weighted by Gasteiger charge is -2.07. The second kappa shape index (κ2) is 4.66. The molecule has 1 rings (SSSR count). The number of benzene rings is 1. The molecule has 0 saturated heterocycles. The van der Waals surface area contributed by atoms with Gasteiger partial charge in [-0.2, -0.15) is 13.2 Å². The zero-order valence-electron chi connectivity index (χ0n) is 7.59. The lowest BCUT2D eigenvalue weighted by atomic mass is 10.1. The largest absolute Gasteiger partial charge is 0.416 e. The molecule has 0 amide bonds. The van der Waals surface area contributed by atoms with Crippen LogP contribution >= 0.6 is 11.6 Å². The minimum Gasteiger partial charge on any atom is -0.302 e. The first-order valence-electron chi connectivity index (χ1n) is 4.19. The molecule has 82 valence electrons. The van der Waals surface area contributed by atoms with E-state index >= 15 is 0 Å². The van der Waals surface area contributed by atoms with Gasteiger partial charge in [-0.15, -0.1) is 11.6 Å². The van der Waals surface area contributed by atoms with Gasteiger partial charge < -0.3 is 4.79 Å². The van der Waals surface area contributed by atoms with Crippen molar-refractivity contribution >= 4 is 17.9 Å². The van der Waals surface area contributed by atoms with E-state index in [-0.39, 0.29) is 6.42 Å². The van der Waals surface area contributed by atoms with Crippen molar-refractivity contribution in [3.63, 3.8) is 0 Å². The second-order valence-corrected chi connectivity index (χ2v) is 3.61. The lowest BCUT2D eigenvalue weighted by Crippen LogP contribution is -2.07. The van der Waals surface area contributed by atoms with Gasteiger partial charge in [0.05, 0.1) is 10.9 Å². The molecule has 0 aliphatic carbocycles. The average molecular weight is 237 g/mol. The van der Waals surface area contributed by atoms with Crippen LogP contribution in [0.4, 0.5) is 13.2 Å². The molecule has 1 nitrogen and oxygen atoms in total.